The standard InChI is InChI=1S/C26H28F2N8O/c1-15(2)36-9-10-37-24-18(27)11-16(12-22(24)36)23-19(28)14-30-25(34-23)31-17-3-4-20-21(13-17)33-26(32-20)35-7-5-29-6-8-35/h3-4,11-15,29H,5-10H2,1-2H3,(H,32,33)(H,30,31,34). The predicted molar refractivity (Wildman–Crippen MR) is 140 cm³/mol. The van der Waals surface area contributed by atoms with Gasteiger partial charge in [0, 0.05) is 43.5 Å². The van der Waals surface area contributed by atoms with Gasteiger partial charge < -0.3 is 30.2 Å². The first-order chi connectivity index (χ1) is 18.0. The summed E-state index contributed by atoms with van der Waals surface area (Å²) in [6.07, 6.45) is 1.09. The molecule has 0 bridgehead atoms. The predicted octanol–water partition coefficient (Wildman–Crippen LogP) is 4.06. The van der Waals surface area contributed by atoms with Crippen LogP contribution in [0.5, 0.6) is 5.75 Å². The summed E-state index contributed by atoms with van der Waals surface area (Å²) < 4.78 is 35.4. The number of benzene rings is 2. The number of nitrogens with zero attached hydrogens (tertiary/aromatic N) is 5. The van der Waals surface area contributed by atoms with Crippen molar-refractivity contribution in [3.63, 3.8) is 0 Å². The van der Waals surface area contributed by atoms with Crippen molar-refractivity contribution in [2.75, 3.05) is 54.4 Å². The van der Waals surface area contributed by atoms with Crippen molar-refractivity contribution in [3.05, 3.63) is 48.2 Å². The lowest BCUT2D eigenvalue weighted by molar-refractivity contribution is 0.287. The molecule has 2 aromatic carbocycles. The Labute approximate surface area is 212 Å². The maximum absolute atomic E-state index is 15.0. The average molecular weight is 507 g/mol. The highest BCUT2D eigenvalue weighted by Crippen LogP contribution is 2.39. The van der Waals surface area contributed by atoms with Crippen LogP contribution in [0.3, 0.4) is 0 Å². The maximum atomic E-state index is 15.0. The van der Waals surface area contributed by atoms with Crippen molar-refractivity contribution in [1.82, 2.24) is 25.3 Å². The fraction of sp³-hybridized carbons (Fsp3) is 0.346. The number of nitrogens with one attached hydrogen (secondary N) is 3. The molecule has 1 fully saturated rings. The number of piperazine rings is 1. The van der Waals surface area contributed by atoms with Gasteiger partial charge in [-0.25, -0.2) is 23.7 Å². The topological polar surface area (TPSA) is 94.2 Å². The number of rotatable bonds is 5. The second-order valence-corrected chi connectivity index (χ2v) is 9.49. The van der Waals surface area contributed by atoms with Crippen molar-refractivity contribution < 1.29 is 13.5 Å². The summed E-state index contributed by atoms with van der Waals surface area (Å²) in [6.45, 7) is 8.69. The van der Waals surface area contributed by atoms with Crippen LogP contribution >= 0.6 is 0 Å². The summed E-state index contributed by atoms with van der Waals surface area (Å²) in [6, 6.07) is 8.80. The largest absolute Gasteiger partial charge is 0.486 e. The second kappa shape index (κ2) is 9.47. The van der Waals surface area contributed by atoms with E-state index in [4.69, 9.17) is 9.72 Å². The minimum Gasteiger partial charge on any atom is -0.486 e. The molecule has 0 aliphatic carbocycles. The number of aromatic nitrogens is 4. The summed E-state index contributed by atoms with van der Waals surface area (Å²) in [5.74, 6) is 0.0397. The van der Waals surface area contributed by atoms with E-state index < -0.39 is 11.6 Å². The summed E-state index contributed by atoms with van der Waals surface area (Å²) >= 11 is 0. The Morgan fingerprint density at radius 2 is 1.86 bits per heavy atom. The number of halogens is 2. The number of ether oxygens (including phenoxy) is 1. The molecule has 2 aliphatic heterocycles. The van der Waals surface area contributed by atoms with Crippen LogP contribution in [0.15, 0.2) is 36.5 Å². The quantitative estimate of drug-likeness (QED) is 0.373. The highest BCUT2D eigenvalue weighted by atomic mass is 19.1. The molecule has 6 rings (SSSR count). The minimum absolute atomic E-state index is 0.0112. The van der Waals surface area contributed by atoms with Crippen molar-refractivity contribution in [2.24, 2.45) is 0 Å². The van der Waals surface area contributed by atoms with E-state index in [0.717, 1.165) is 55.0 Å². The highest BCUT2D eigenvalue weighted by Gasteiger charge is 2.26. The number of fused-ring (bicyclic) bond motifs is 2. The fourth-order valence-electron chi connectivity index (χ4n) is 4.83. The Balaban J connectivity index is 1.30. The number of imidazole rings is 1. The molecule has 2 aliphatic rings. The first-order valence-electron chi connectivity index (χ1n) is 12.4. The Morgan fingerprint density at radius 3 is 2.68 bits per heavy atom. The van der Waals surface area contributed by atoms with E-state index in [2.05, 4.69) is 30.5 Å². The Hall–Kier alpha value is -3.99. The first-order valence-corrected chi connectivity index (χ1v) is 12.4. The summed E-state index contributed by atoms with van der Waals surface area (Å²) in [5.41, 5.74) is 3.36. The van der Waals surface area contributed by atoms with Crippen LogP contribution in [0.4, 0.5) is 32.1 Å². The van der Waals surface area contributed by atoms with Crippen LogP contribution in [-0.2, 0) is 0 Å². The van der Waals surface area contributed by atoms with Crippen molar-refractivity contribution in [3.8, 4) is 17.0 Å². The molecule has 9 nitrogen and oxygen atoms in total. The molecule has 0 saturated carbocycles. The number of aromatic amines is 1. The molecule has 0 spiro atoms. The second-order valence-electron chi connectivity index (χ2n) is 9.49. The molecule has 37 heavy (non-hydrogen) atoms. The van der Waals surface area contributed by atoms with Gasteiger partial charge in [0.2, 0.25) is 11.9 Å². The van der Waals surface area contributed by atoms with Gasteiger partial charge in [-0.15, -0.1) is 0 Å². The van der Waals surface area contributed by atoms with Crippen LogP contribution < -0.4 is 25.2 Å². The van der Waals surface area contributed by atoms with Crippen LogP contribution in [-0.4, -0.2) is 65.3 Å². The number of anilines is 4. The van der Waals surface area contributed by atoms with Crippen LogP contribution in [0, 0.1) is 11.6 Å². The van der Waals surface area contributed by atoms with Gasteiger partial charge in [-0.1, -0.05) is 0 Å². The van der Waals surface area contributed by atoms with Gasteiger partial charge in [0.05, 0.1) is 29.5 Å². The molecule has 192 valence electrons. The average Bonchev–Trinajstić information content (AvgIpc) is 3.33. The molecule has 4 aromatic rings. The van der Waals surface area contributed by atoms with Crippen LogP contribution in [0.1, 0.15) is 13.8 Å². The zero-order valence-electron chi connectivity index (χ0n) is 20.7. The van der Waals surface area contributed by atoms with E-state index in [1.807, 2.05) is 36.9 Å². The lowest BCUT2D eigenvalue weighted by Crippen LogP contribution is -2.44. The van der Waals surface area contributed by atoms with Gasteiger partial charge in [0.1, 0.15) is 12.3 Å². The van der Waals surface area contributed by atoms with Gasteiger partial charge in [0.15, 0.2) is 17.4 Å². The molecule has 11 heteroatoms. The van der Waals surface area contributed by atoms with E-state index in [9.17, 15) is 8.78 Å². The Morgan fingerprint density at radius 1 is 1.03 bits per heavy atom. The van der Waals surface area contributed by atoms with Gasteiger partial charge in [-0.05, 0) is 44.2 Å². The van der Waals surface area contributed by atoms with E-state index in [1.54, 1.807) is 6.07 Å². The highest BCUT2D eigenvalue weighted by molar-refractivity contribution is 5.82. The van der Waals surface area contributed by atoms with Crippen LogP contribution in [0.2, 0.25) is 0 Å². The number of hydrogen-bond acceptors (Lipinski definition) is 8. The smallest absolute Gasteiger partial charge is 0.227 e. The summed E-state index contributed by atoms with van der Waals surface area (Å²) in [5, 5.41) is 6.47. The Kier molecular flexibility index (Phi) is 5.99. The zero-order valence-corrected chi connectivity index (χ0v) is 20.7. The molecule has 0 radical (unpaired) electrons. The van der Waals surface area contributed by atoms with Gasteiger partial charge in [0.25, 0.3) is 0 Å². The number of hydrogen-bond donors (Lipinski definition) is 3. The Bertz CT molecular complexity index is 1450. The third-order valence-corrected chi connectivity index (χ3v) is 6.69. The van der Waals surface area contributed by atoms with E-state index >= 15 is 0 Å². The molecule has 2 aromatic heterocycles. The molecule has 0 unspecified atom stereocenters. The molecular formula is C26H28F2N8O. The van der Waals surface area contributed by atoms with Crippen molar-refractivity contribution in [2.45, 2.75) is 19.9 Å². The maximum Gasteiger partial charge on any atom is 0.227 e. The fourth-order valence-corrected chi connectivity index (χ4v) is 4.83. The van der Waals surface area contributed by atoms with Crippen molar-refractivity contribution >= 4 is 34.3 Å². The van der Waals surface area contributed by atoms with Gasteiger partial charge >= 0.3 is 0 Å². The van der Waals surface area contributed by atoms with Gasteiger partial charge in [-0.3, -0.25) is 0 Å². The molecule has 3 N–H and O–H groups in total. The molecule has 1 saturated heterocycles. The minimum atomic E-state index is -0.637. The van der Waals surface area contributed by atoms with E-state index in [1.165, 1.54) is 6.07 Å². The zero-order chi connectivity index (χ0) is 25.5. The van der Waals surface area contributed by atoms with Gasteiger partial charge in [-0.2, -0.15) is 0 Å². The molecular weight excluding hydrogens is 478 g/mol. The lowest BCUT2D eigenvalue weighted by atomic mass is 10.1. The normalized spacial score (nSPS) is 15.7. The SMILES string of the molecule is CC(C)N1CCOc2c(F)cc(-c3nc(Nc4ccc5nc(N6CCNCC6)[nH]c5c4)ncc3F)cc21. The third-order valence-electron chi connectivity index (χ3n) is 6.69. The van der Waals surface area contributed by atoms with E-state index in [-0.39, 0.29) is 23.4 Å². The monoisotopic (exact) mass is 506 g/mol. The number of H-pyrrole nitrogens is 1. The van der Waals surface area contributed by atoms with Crippen molar-refractivity contribution in [1.29, 1.82) is 0 Å². The first kappa shape index (κ1) is 23.4. The summed E-state index contributed by atoms with van der Waals surface area (Å²) in [4.78, 5) is 20.8. The third kappa shape index (κ3) is 4.50. The molecule has 0 amide bonds. The molecule has 4 heterocycles. The van der Waals surface area contributed by atoms with E-state index in [0.29, 0.717) is 24.4 Å². The summed E-state index contributed by atoms with van der Waals surface area (Å²) in [7, 11) is 0. The molecule has 0 atom stereocenters. The lowest BCUT2D eigenvalue weighted by Gasteiger charge is -2.34. The van der Waals surface area contributed by atoms with Crippen LogP contribution in [0.25, 0.3) is 22.3 Å².